The predicted octanol–water partition coefficient (Wildman–Crippen LogP) is 2.20. The number of hydrogen-bond donors (Lipinski definition) is 3. The van der Waals surface area contributed by atoms with E-state index in [-0.39, 0.29) is 36.7 Å². The molecule has 5 atom stereocenters. The van der Waals surface area contributed by atoms with Gasteiger partial charge in [0.25, 0.3) is 0 Å². The van der Waals surface area contributed by atoms with Crippen LogP contribution in [-0.2, 0) is 23.4 Å². The molecule has 0 radical (unpaired) electrons. The van der Waals surface area contributed by atoms with Crippen LogP contribution in [0.3, 0.4) is 0 Å². The molecule has 38 heavy (non-hydrogen) atoms. The van der Waals surface area contributed by atoms with E-state index in [4.69, 9.17) is 29.0 Å². The average molecular weight is 551 g/mol. The molecule has 4 N–H and O–H groups in total. The molecule has 2 aromatic heterocycles. The monoisotopic (exact) mass is 550 g/mol. The molecule has 1 aliphatic heterocycles. The lowest BCUT2D eigenvalue weighted by molar-refractivity contribution is -0.149. The maximum atomic E-state index is 13.7. The lowest BCUT2D eigenvalue weighted by atomic mass is 10.2. The minimum Gasteiger partial charge on any atom is -0.479 e. The molecular formula is C23H31N6O8P. The number of nitrogens with two attached hydrogens (primary N) is 1. The van der Waals surface area contributed by atoms with Gasteiger partial charge in [-0.1, -0.05) is 18.2 Å². The number of imidazole rings is 1. The third-order valence-corrected chi connectivity index (χ3v) is 7.19. The van der Waals surface area contributed by atoms with Crippen LogP contribution in [0.15, 0.2) is 36.7 Å². The number of carbonyl (C=O) groups is 1. The van der Waals surface area contributed by atoms with Crippen LogP contribution in [0.25, 0.3) is 11.2 Å². The van der Waals surface area contributed by atoms with Gasteiger partial charge in [-0.05, 0) is 32.9 Å². The van der Waals surface area contributed by atoms with Gasteiger partial charge >= 0.3 is 13.7 Å². The standard InChI is InChI=1S/C23H31N6O8P/c1-13(2)35-22(31)14(3)28-38(32,37-15-8-6-5-7-9-15)34-11-17-16(30)10-18(36-17)29-12-25-19-20(29)26-23(24)27-21(19)33-4/h5-9,12-14,16-18,30H,10-11H2,1-4H3,(H,28,32)(H2,24,26,27)/t14-,16-,17?,18?,38?/m0/s1. The number of aromatic nitrogens is 4. The summed E-state index contributed by atoms with van der Waals surface area (Å²) in [5.74, 6) is -0.166. The fourth-order valence-corrected chi connectivity index (χ4v) is 5.30. The third kappa shape index (κ3) is 6.40. The summed E-state index contributed by atoms with van der Waals surface area (Å²) in [5, 5.41) is 13.3. The molecule has 0 saturated carbocycles. The largest absolute Gasteiger partial charge is 0.479 e. The molecule has 3 aromatic rings. The summed E-state index contributed by atoms with van der Waals surface area (Å²) < 4.78 is 43.0. The number of anilines is 1. The van der Waals surface area contributed by atoms with E-state index in [0.717, 1.165) is 0 Å². The van der Waals surface area contributed by atoms with Crippen LogP contribution >= 0.6 is 7.75 Å². The molecule has 0 bridgehead atoms. The van der Waals surface area contributed by atoms with Gasteiger partial charge in [-0.2, -0.15) is 15.1 Å². The molecule has 3 heterocycles. The summed E-state index contributed by atoms with van der Waals surface area (Å²) in [6.45, 7) is 4.58. The lowest BCUT2D eigenvalue weighted by Gasteiger charge is -2.25. The third-order valence-electron chi connectivity index (χ3n) is 5.55. The first kappa shape index (κ1) is 27.7. The van der Waals surface area contributed by atoms with Crippen molar-refractivity contribution in [1.82, 2.24) is 24.6 Å². The number of carbonyl (C=O) groups excluding carboxylic acids is 1. The second-order valence-electron chi connectivity index (χ2n) is 8.88. The van der Waals surface area contributed by atoms with E-state index < -0.39 is 38.2 Å². The molecule has 206 valence electrons. The molecule has 0 amide bonds. The van der Waals surface area contributed by atoms with Gasteiger partial charge < -0.3 is 29.6 Å². The molecule has 14 nitrogen and oxygen atoms in total. The molecule has 1 fully saturated rings. The highest BCUT2D eigenvalue weighted by atomic mass is 31.2. The summed E-state index contributed by atoms with van der Waals surface area (Å²) in [6.07, 6.45) is -1.25. The van der Waals surface area contributed by atoms with Gasteiger partial charge in [-0.3, -0.25) is 13.9 Å². The van der Waals surface area contributed by atoms with Crippen molar-refractivity contribution < 1.29 is 37.7 Å². The highest BCUT2D eigenvalue weighted by Crippen LogP contribution is 2.46. The van der Waals surface area contributed by atoms with Crippen LogP contribution in [0.4, 0.5) is 5.95 Å². The second-order valence-corrected chi connectivity index (χ2v) is 10.6. The van der Waals surface area contributed by atoms with Crippen molar-refractivity contribution in [2.24, 2.45) is 0 Å². The SMILES string of the molecule is COc1nc(N)nc2c1ncn2C1C[C@H](O)C(COP(=O)(N[C@@H](C)C(=O)OC(C)C)Oc2ccccc2)O1. The van der Waals surface area contributed by atoms with Gasteiger partial charge in [0, 0.05) is 6.42 Å². The smallest absolute Gasteiger partial charge is 0.459 e. The van der Waals surface area contributed by atoms with Crippen LogP contribution in [0.2, 0.25) is 0 Å². The number of hydrogen-bond acceptors (Lipinski definition) is 12. The van der Waals surface area contributed by atoms with Crippen molar-refractivity contribution in [2.45, 2.75) is 57.8 Å². The number of nitrogens with zero attached hydrogens (tertiary/aromatic N) is 4. The summed E-state index contributed by atoms with van der Waals surface area (Å²) in [5.41, 5.74) is 6.54. The Morgan fingerprint density at radius 2 is 2.03 bits per heavy atom. The van der Waals surface area contributed by atoms with Crippen molar-refractivity contribution in [3.8, 4) is 11.6 Å². The van der Waals surface area contributed by atoms with Crippen molar-refractivity contribution in [3.63, 3.8) is 0 Å². The van der Waals surface area contributed by atoms with Crippen molar-refractivity contribution >= 4 is 30.8 Å². The zero-order chi connectivity index (χ0) is 27.4. The predicted molar refractivity (Wildman–Crippen MR) is 135 cm³/mol. The molecule has 15 heteroatoms. The molecular weight excluding hydrogens is 519 g/mol. The molecule has 1 aromatic carbocycles. The Bertz CT molecular complexity index is 1310. The number of methoxy groups -OCH3 is 1. The Morgan fingerprint density at radius 3 is 2.71 bits per heavy atom. The molecule has 1 aliphatic rings. The Kier molecular flexibility index (Phi) is 8.48. The summed E-state index contributed by atoms with van der Waals surface area (Å²) in [7, 11) is -2.68. The Labute approximate surface area is 219 Å². The number of aliphatic hydroxyl groups excluding tert-OH is 1. The number of fused-ring (bicyclic) bond motifs is 1. The van der Waals surface area contributed by atoms with Crippen LogP contribution in [0, 0.1) is 0 Å². The number of benzene rings is 1. The number of para-hydroxylation sites is 1. The first-order chi connectivity index (χ1) is 18.1. The first-order valence-electron chi connectivity index (χ1n) is 11.9. The fourth-order valence-electron chi connectivity index (χ4n) is 3.80. The highest BCUT2D eigenvalue weighted by molar-refractivity contribution is 7.52. The molecule has 4 rings (SSSR count). The van der Waals surface area contributed by atoms with Crippen molar-refractivity contribution in [2.75, 3.05) is 19.5 Å². The number of rotatable bonds is 11. The summed E-state index contributed by atoms with van der Waals surface area (Å²) >= 11 is 0. The number of ether oxygens (including phenoxy) is 3. The van der Waals surface area contributed by atoms with E-state index in [1.54, 1.807) is 48.7 Å². The van der Waals surface area contributed by atoms with Crippen LogP contribution in [0.1, 0.15) is 33.4 Å². The van der Waals surface area contributed by atoms with E-state index >= 15 is 0 Å². The normalized spacial score (nSPS) is 21.8. The first-order valence-corrected chi connectivity index (χ1v) is 13.5. The van der Waals surface area contributed by atoms with Gasteiger partial charge in [0.05, 0.1) is 32.3 Å². The number of esters is 1. The van der Waals surface area contributed by atoms with Gasteiger partial charge in [0.2, 0.25) is 11.8 Å². The Hall–Kier alpha value is -3.29. The second kappa shape index (κ2) is 11.6. The highest BCUT2D eigenvalue weighted by Gasteiger charge is 2.40. The molecule has 0 spiro atoms. The van der Waals surface area contributed by atoms with E-state index in [1.807, 2.05) is 0 Å². The van der Waals surface area contributed by atoms with Crippen LogP contribution in [-0.4, -0.2) is 68.7 Å². The minimum absolute atomic E-state index is 0.00952. The number of nitrogen functional groups attached to an aromatic ring is 1. The lowest BCUT2D eigenvalue weighted by Crippen LogP contribution is -2.37. The number of aliphatic hydroxyl groups is 1. The van der Waals surface area contributed by atoms with E-state index in [0.29, 0.717) is 11.2 Å². The minimum atomic E-state index is -4.12. The van der Waals surface area contributed by atoms with E-state index in [1.165, 1.54) is 20.4 Å². The van der Waals surface area contributed by atoms with Crippen LogP contribution < -0.4 is 20.1 Å². The van der Waals surface area contributed by atoms with Gasteiger partial charge in [0.1, 0.15) is 24.1 Å². The van der Waals surface area contributed by atoms with E-state index in [2.05, 4.69) is 20.0 Å². The van der Waals surface area contributed by atoms with Gasteiger partial charge in [-0.25, -0.2) is 9.55 Å². The summed E-state index contributed by atoms with van der Waals surface area (Å²) in [6, 6.07) is 7.35. The Morgan fingerprint density at radius 1 is 1.29 bits per heavy atom. The number of nitrogens with one attached hydrogen (secondary N) is 1. The zero-order valence-corrected chi connectivity index (χ0v) is 22.3. The quantitative estimate of drug-likeness (QED) is 0.234. The molecule has 3 unspecified atom stereocenters. The van der Waals surface area contributed by atoms with Gasteiger partial charge in [-0.15, -0.1) is 0 Å². The van der Waals surface area contributed by atoms with Crippen LogP contribution in [0.5, 0.6) is 11.6 Å². The topological polar surface area (TPSA) is 182 Å². The Balaban J connectivity index is 1.49. The van der Waals surface area contributed by atoms with Crippen molar-refractivity contribution in [1.29, 1.82) is 0 Å². The van der Waals surface area contributed by atoms with Crippen molar-refractivity contribution in [3.05, 3.63) is 36.7 Å². The summed E-state index contributed by atoms with van der Waals surface area (Å²) in [4.78, 5) is 24.8. The average Bonchev–Trinajstić information content (AvgIpc) is 3.45. The maximum Gasteiger partial charge on any atom is 0.459 e. The van der Waals surface area contributed by atoms with Gasteiger partial charge in [0.15, 0.2) is 11.2 Å². The fraction of sp³-hybridized carbons (Fsp3) is 0.478. The maximum absolute atomic E-state index is 13.7. The molecule has 1 saturated heterocycles. The van der Waals surface area contributed by atoms with E-state index in [9.17, 15) is 14.5 Å². The zero-order valence-electron chi connectivity index (χ0n) is 21.4. The molecule has 0 aliphatic carbocycles.